The summed E-state index contributed by atoms with van der Waals surface area (Å²) >= 11 is 6.18. The summed E-state index contributed by atoms with van der Waals surface area (Å²) in [7, 11) is -1.19. The minimum atomic E-state index is -1.19. The van der Waals surface area contributed by atoms with Gasteiger partial charge in [0.15, 0.2) is 5.82 Å². The molecule has 4 aromatic heterocycles. The van der Waals surface area contributed by atoms with E-state index in [1.807, 2.05) is 24.2 Å². The van der Waals surface area contributed by atoms with Crippen LogP contribution < -0.4 is 0 Å². The highest BCUT2D eigenvalue weighted by atomic mass is 35.5. The molecule has 2 aliphatic heterocycles. The van der Waals surface area contributed by atoms with Crippen molar-refractivity contribution in [1.82, 2.24) is 44.6 Å². The third-order valence-corrected chi connectivity index (χ3v) is 10.8. The Morgan fingerprint density at radius 1 is 1.17 bits per heavy atom. The molecule has 1 aromatic carbocycles. The van der Waals surface area contributed by atoms with Gasteiger partial charge in [-0.25, -0.2) is 9.37 Å². The number of H-pyrrole nitrogens is 1. The SMILES string of the molecule is Cc1cc2c(-c3cnc([C@@H]4CCC5CC(c6c(-n7cnnn7)ccc(Cl)c6F)=CC(=O)N54)[nH]3)cn(COCC[Si](C)(C)C)c2cn1. The zero-order chi connectivity index (χ0) is 32.2. The molecule has 14 heteroatoms. The number of hydrogen-bond acceptors (Lipinski definition) is 7. The monoisotopic (exact) mass is 659 g/mol. The highest BCUT2D eigenvalue weighted by Crippen LogP contribution is 2.44. The summed E-state index contributed by atoms with van der Waals surface area (Å²) in [5.41, 5.74) is 5.01. The van der Waals surface area contributed by atoms with Crippen LogP contribution in [-0.2, 0) is 16.3 Å². The first kappa shape index (κ1) is 30.5. The summed E-state index contributed by atoms with van der Waals surface area (Å²) < 4.78 is 25.0. The molecule has 2 aliphatic rings. The number of aromatic nitrogens is 8. The molecule has 0 spiro atoms. The average Bonchev–Trinajstić information content (AvgIpc) is 3.82. The average molecular weight is 660 g/mol. The topological polar surface area (TPSA) is 120 Å². The van der Waals surface area contributed by atoms with Crippen LogP contribution in [0, 0.1) is 12.7 Å². The highest BCUT2D eigenvalue weighted by Gasteiger charge is 2.42. The van der Waals surface area contributed by atoms with Crippen molar-refractivity contribution in [2.45, 2.75) is 70.7 Å². The Labute approximate surface area is 271 Å². The lowest BCUT2D eigenvalue weighted by molar-refractivity contribution is -0.129. The molecule has 6 heterocycles. The van der Waals surface area contributed by atoms with Gasteiger partial charge in [0.1, 0.15) is 18.9 Å². The standard InChI is InChI=1S/C32H35ClFN9O2Si/c1-19-11-22-23(16-41(28(22)15-35-19)18-45-9-10-46(2,3)4)25-14-36-32(38-25)27-7-5-21-12-20(13-29(44)43(21)27)30-26(42-17-37-39-40-42)8-6-24(33)31(30)34/h6,8,11,13-17,21,27H,5,7,9-10,12,18H2,1-4H3,(H,36,38)/t21?,27-/m0/s1. The van der Waals surface area contributed by atoms with Crippen LogP contribution in [0.4, 0.5) is 4.39 Å². The van der Waals surface area contributed by atoms with Crippen molar-refractivity contribution in [2.75, 3.05) is 6.61 Å². The first-order valence-corrected chi connectivity index (χ1v) is 19.5. The number of rotatable bonds is 9. The lowest BCUT2D eigenvalue weighted by atomic mass is 9.92. The Balaban J connectivity index is 1.16. The van der Waals surface area contributed by atoms with Gasteiger partial charge < -0.3 is 19.2 Å². The summed E-state index contributed by atoms with van der Waals surface area (Å²) in [4.78, 5) is 28.4. The number of pyridine rings is 1. The molecule has 0 radical (unpaired) electrons. The molecule has 11 nitrogen and oxygen atoms in total. The molecule has 46 heavy (non-hydrogen) atoms. The maximum atomic E-state index is 15.5. The molecule has 1 saturated heterocycles. The van der Waals surface area contributed by atoms with Crippen LogP contribution in [0.15, 0.2) is 49.2 Å². The Morgan fingerprint density at radius 3 is 2.80 bits per heavy atom. The van der Waals surface area contributed by atoms with Gasteiger partial charge in [-0.1, -0.05) is 31.2 Å². The van der Waals surface area contributed by atoms with E-state index in [0.717, 1.165) is 59.2 Å². The summed E-state index contributed by atoms with van der Waals surface area (Å²) in [6.07, 6.45) is 10.7. The molecule has 1 fully saturated rings. The largest absolute Gasteiger partial charge is 0.361 e. The molecule has 1 amide bonds. The Bertz CT molecular complexity index is 1960. The van der Waals surface area contributed by atoms with E-state index >= 15 is 4.39 Å². The number of halogens is 2. The number of fused-ring (bicyclic) bond motifs is 2. The zero-order valence-electron chi connectivity index (χ0n) is 26.2. The zero-order valence-corrected chi connectivity index (χ0v) is 27.9. The van der Waals surface area contributed by atoms with E-state index in [1.165, 1.54) is 23.2 Å². The second-order valence-electron chi connectivity index (χ2n) is 13.3. The fourth-order valence-corrected chi connectivity index (χ4v) is 7.42. The molecule has 1 N–H and O–H groups in total. The maximum absolute atomic E-state index is 15.5. The van der Waals surface area contributed by atoms with Gasteiger partial charge in [0.05, 0.1) is 40.4 Å². The fraction of sp³-hybridized carbons (Fsp3) is 0.375. The number of carbonyl (C=O) groups is 1. The predicted molar refractivity (Wildman–Crippen MR) is 175 cm³/mol. The summed E-state index contributed by atoms with van der Waals surface area (Å²) in [5, 5.41) is 12.3. The van der Waals surface area contributed by atoms with Gasteiger partial charge in [-0.3, -0.25) is 9.78 Å². The summed E-state index contributed by atoms with van der Waals surface area (Å²) in [5.74, 6) is -0.0648. The number of amides is 1. The van der Waals surface area contributed by atoms with E-state index < -0.39 is 13.9 Å². The maximum Gasteiger partial charge on any atom is 0.247 e. The second-order valence-corrected chi connectivity index (χ2v) is 19.3. The van der Waals surface area contributed by atoms with Crippen LogP contribution in [0.25, 0.3) is 33.4 Å². The molecule has 0 aliphatic carbocycles. The molecule has 1 unspecified atom stereocenters. The molecule has 7 rings (SSSR count). The van der Waals surface area contributed by atoms with E-state index in [9.17, 15) is 4.79 Å². The molecule has 2 atom stereocenters. The van der Waals surface area contributed by atoms with Crippen molar-refractivity contribution in [2.24, 2.45) is 0 Å². The highest BCUT2D eigenvalue weighted by molar-refractivity contribution is 6.76. The van der Waals surface area contributed by atoms with Crippen molar-refractivity contribution in [1.29, 1.82) is 0 Å². The lowest BCUT2D eigenvalue weighted by Crippen LogP contribution is -2.39. The first-order valence-electron chi connectivity index (χ1n) is 15.4. The van der Waals surface area contributed by atoms with Crippen molar-refractivity contribution in [3.63, 3.8) is 0 Å². The number of tetrazole rings is 1. The third-order valence-electron chi connectivity index (χ3n) is 8.83. The van der Waals surface area contributed by atoms with Gasteiger partial charge in [-0.15, -0.1) is 5.10 Å². The summed E-state index contributed by atoms with van der Waals surface area (Å²) in [6, 6.07) is 5.96. The molecular formula is C32H35ClFN9O2Si. The van der Waals surface area contributed by atoms with Crippen LogP contribution in [0.3, 0.4) is 0 Å². The third kappa shape index (κ3) is 5.67. The van der Waals surface area contributed by atoms with E-state index in [2.05, 4.69) is 62.0 Å². The lowest BCUT2D eigenvalue weighted by Gasteiger charge is -2.33. The Kier molecular flexibility index (Phi) is 7.85. The van der Waals surface area contributed by atoms with Gasteiger partial charge in [-0.05, 0) is 66.4 Å². The van der Waals surface area contributed by atoms with E-state index in [0.29, 0.717) is 24.4 Å². The van der Waals surface area contributed by atoms with E-state index in [-0.39, 0.29) is 28.6 Å². The van der Waals surface area contributed by atoms with Crippen molar-refractivity contribution in [3.05, 3.63) is 77.1 Å². The normalized spacial score (nSPS) is 18.4. The van der Waals surface area contributed by atoms with Crippen molar-refractivity contribution in [3.8, 4) is 16.9 Å². The number of aryl methyl sites for hydroxylation is 1. The van der Waals surface area contributed by atoms with Gasteiger partial charge in [0.2, 0.25) is 5.91 Å². The van der Waals surface area contributed by atoms with E-state index in [4.69, 9.17) is 21.3 Å². The first-order chi connectivity index (χ1) is 22.1. The number of ether oxygens (including phenoxy) is 1. The van der Waals surface area contributed by atoms with Crippen LogP contribution in [0.1, 0.15) is 42.4 Å². The smallest absolute Gasteiger partial charge is 0.247 e. The number of carbonyl (C=O) groups excluding carboxylic acids is 1. The second kappa shape index (κ2) is 11.9. The van der Waals surface area contributed by atoms with E-state index in [1.54, 1.807) is 6.07 Å². The molecule has 0 bridgehead atoms. The van der Waals surface area contributed by atoms with Crippen LogP contribution in [0.5, 0.6) is 0 Å². The van der Waals surface area contributed by atoms with Crippen molar-refractivity contribution >= 4 is 42.1 Å². The molecule has 0 saturated carbocycles. The van der Waals surface area contributed by atoms with Gasteiger partial charge in [0.25, 0.3) is 0 Å². The van der Waals surface area contributed by atoms with Crippen LogP contribution in [-0.4, -0.2) is 71.3 Å². The summed E-state index contributed by atoms with van der Waals surface area (Å²) in [6.45, 7) is 10.2. The number of aromatic amines is 1. The number of hydrogen-bond donors (Lipinski definition) is 1. The minimum Gasteiger partial charge on any atom is -0.361 e. The quantitative estimate of drug-likeness (QED) is 0.145. The van der Waals surface area contributed by atoms with Crippen LogP contribution in [0.2, 0.25) is 30.7 Å². The molecular weight excluding hydrogens is 625 g/mol. The minimum absolute atomic E-state index is 0.0273. The van der Waals surface area contributed by atoms with Gasteiger partial charge in [0, 0.05) is 55.2 Å². The molecule has 238 valence electrons. The van der Waals surface area contributed by atoms with Gasteiger partial charge >= 0.3 is 0 Å². The predicted octanol–water partition coefficient (Wildman–Crippen LogP) is 6.33. The van der Waals surface area contributed by atoms with Crippen molar-refractivity contribution < 1.29 is 13.9 Å². The Hall–Kier alpha value is -4.20. The number of benzene rings is 1. The van der Waals surface area contributed by atoms with Gasteiger partial charge in [-0.2, -0.15) is 4.68 Å². The Morgan fingerprint density at radius 2 is 2.02 bits per heavy atom. The number of nitrogens with zero attached hydrogens (tertiary/aromatic N) is 8. The molecule has 5 aromatic rings. The van der Waals surface area contributed by atoms with Crippen LogP contribution >= 0.6 is 11.6 Å². The number of nitrogens with one attached hydrogen (secondary N) is 1. The fourth-order valence-electron chi connectivity index (χ4n) is 6.50. The number of imidazole rings is 1.